The largest absolute Gasteiger partial charge is 0.467 e. The first-order valence-electron chi connectivity index (χ1n) is 6.49. The van der Waals surface area contributed by atoms with Crippen LogP contribution in [0.2, 0.25) is 0 Å². The molecular formula is C12H17N3O3S. The first kappa shape index (κ1) is 12.8. The molecule has 1 aromatic rings. The number of carbonyl (C=O) groups is 1. The summed E-state index contributed by atoms with van der Waals surface area (Å²) in [5.41, 5.74) is 0. The summed E-state index contributed by atoms with van der Waals surface area (Å²) in [5, 5.41) is 0.881. The van der Waals surface area contributed by atoms with E-state index in [2.05, 4.69) is 14.3 Å². The third-order valence-electron chi connectivity index (χ3n) is 3.37. The fraction of sp³-hybridized carbons (Fsp3) is 0.750. The van der Waals surface area contributed by atoms with Crippen molar-refractivity contribution in [1.29, 1.82) is 0 Å². The summed E-state index contributed by atoms with van der Waals surface area (Å²) in [6, 6.07) is 0. The van der Waals surface area contributed by atoms with Gasteiger partial charge in [-0.05, 0) is 19.8 Å². The number of morpholine rings is 1. The Kier molecular flexibility index (Phi) is 3.40. The normalized spacial score (nSPS) is 27.4. The molecule has 2 atom stereocenters. The molecule has 6 nitrogen and oxygen atoms in total. The second kappa shape index (κ2) is 5.05. The van der Waals surface area contributed by atoms with Crippen LogP contribution in [0, 0.1) is 0 Å². The summed E-state index contributed by atoms with van der Waals surface area (Å²) >= 11 is 1.40. The van der Waals surface area contributed by atoms with E-state index in [0.717, 1.165) is 17.5 Å². The van der Waals surface area contributed by atoms with Gasteiger partial charge in [-0.3, -0.25) is 0 Å². The Morgan fingerprint density at radius 1 is 1.47 bits per heavy atom. The highest BCUT2D eigenvalue weighted by molar-refractivity contribution is 7.09. The first-order valence-corrected chi connectivity index (χ1v) is 7.26. The summed E-state index contributed by atoms with van der Waals surface area (Å²) in [5.74, 6) is 1.18. The van der Waals surface area contributed by atoms with Gasteiger partial charge in [-0.15, -0.1) is 0 Å². The summed E-state index contributed by atoms with van der Waals surface area (Å²) in [6.07, 6.45) is 1.83. The van der Waals surface area contributed by atoms with Crippen molar-refractivity contribution >= 4 is 22.6 Å². The van der Waals surface area contributed by atoms with Crippen molar-refractivity contribution in [3.05, 3.63) is 5.82 Å². The summed E-state index contributed by atoms with van der Waals surface area (Å²) in [4.78, 5) is 18.3. The molecule has 1 unspecified atom stereocenters. The van der Waals surface area contributed by atoms with Gasteiger partial charge in [-0.2, -0.15) is 4.37 Å². The monoisotopic (exact) mass is 283 g/mol. The van der Waals surface area contributed by atoms with Gasteiger partial charge in [0, 0.05) is 24.0 Å². The van der Waals surface area contributed by atoms with Crippen molar-refractivity contribution < 1.29 is 14.3 Å². The molecule has 104 valence electrons. The van der Waals surface area contributed by atoms with Crippen molar-refractivity contribution in [3.8, 4) is 0 Å². The Morgan fingerprint density at radius 3 is 2.95 bits per heavy atom. The standard InChI is InChI=1S/C12H17N3O3S/c1-7-5-15(6-9(18-7)11(16)17-2)12-13-10(14-19-12)8-3-4-8/h7-9H,3-6H2,1-2H3/t7-,9?/m1/s1. The molecule has 0 aromatic carbocycles. The summed E-state index contributed by atoms with van der Waals surface area (Å²) < 4.78 is 14.8. The van der Waals surface area contributed by atoms with Crippen LogP contribution in [0.4, 0.5) is 5.13 Å². The first-order chi connectivity index (χ1) is 9.17. The number of ether oxygens (including phenoxy) is 2. The molecular weight excluding hydrogens is 266 g/mol. The molecule has 2 heterocycles. The zero-order valence-electron chi connectivity index (χ0n) is 11.0. The Hall–Kier alpha value is -1.21. The van der Waals surface area contributed by atoms with Crippen molar-refractivity contribution in [1.82, 2.24) is 9.36 Å². The van der Waals surface area contributed by atoms with Crippen LogP contribution in [0.25, 0.3) is 0 Å². The van der Waals surface area contributed by atoms with Gasteiger partial charge in [0.1, 0.15) is 5.82 Å². The van der Waals surface area contributed by atoms with Crippen molar-refractivity contribution in [2.75, 3.05) is 25.1 Å². The topological polar surface area (TPSA) is 64.5 Å². The third kappa shape index (κ3) is 2.71. The second-order valence-electron chi connectivity index (χ2n) is 5.07. The Morgan fingerprint density at radius 2 is 2.26 bits per heavy atom. The molecule has 0 amide bonds. The number of rotatable bonds is 3. The number of hydrogen-bond donors (Lipinski definition) is 0. The van der Waals surface area contributed by atoms with E-state index < -0.39 is 6.10 Å². The maximum absolute atomic E-state index is 11.6. The smallest absolute Gasteiger partial charge is 0.336 e. The molecule has 3 rings (SSSR count). The number of esters is 1. The van der Waals surface area contributed by atoms with Gasteiger partial charge < -0.3 is 14.4 Å². The lowest BCUT2D eigenvalue weighted by molar-refractivity contribution is -0.158. The van der Waals surface area contributed by atoms with Gasteiger partial charge >= 0.3 is 5.97 Å². The maximum Gasteiger partial charge on any atom is 0.336 e. The number of methoxy groups -OCH3 is 1. The van der Waals surface area contributed by atoms with Crippen molar-refractivity contribution in [2.45, 2.75) is 37.9 Å². The maximum atomic E-state index is 11.6. The molecule has 0 spiro atoms. The SMILES string of the molecule is COC(=O)C1CN(c2nc(C3CC3)ns2)C[C@@H](C)O1. The molecule has 1 saturated heterocycles. The molecule has 7 heteroatoms. The van der Waals surface area contributed by atoms with E-state index in [1.807, 2.05) is 6.92 Å². The quantitative estimate of drug-likeness (QED) is 0.776. The molecule has 0 N–H and O–H groups in total. The van der Waals surface area contributed by atoms with E-state index in [9.17, 15) is 4.79 Å². The van der Waals surface area contributed by atoms with E-state index in [4.69, 9.17) is 9.47 Å². The predicted octanol–water partition coefficient (Wildman–Crippen LogP) is 1.18. The molecule has 2 aliphatic rings. The lowest BCUT2D eigenvalue weighted by Crippen LogP contribution is -2.50. The molecule has 0 bridgehead atoms. The number of aromatic nitrogens is 2. The molecule has 1 aromatic heterocycles. The molecule has 1 aliphatic heterocycles. The third-order valence-corrected chi connectivity index (χ3v) is 4.16. The molecule has 0 radical (unpaired) electrons. The Balaban J connectivity index is 1.72. The lowest BCUT2D eigenvalue weighted by Gasteiger charge is -2.34. The zero-order valence-corrected chi connectivity index (χ0v) is 11.9. The van der Waals surface area contributed by atoms with E-state index in [0.29, 0.717) is 12.5 Å². The van der Waals surface area contributed by atoms with Crippen molar-refractivity contribution in [3.63, 3.8) is 0 Å². The van der Waals surface area contributed by atoms with Gasteiger partial charge in [-0.1, -0.05) is 0 Å². The average molecular weight is 283 g/mol. The summed E-state index contributed by atoms with van der Waals surface area (Å²) in [7, 11) is 1.38. The van der Waals surface area contributed by atoms with Gasteiger partial charge in [0.2, 0.25) is 5.13 Å². The van der Waals surface area contributed by atoms with E-state index in [1.165, 1.54) is 31.5 Å². The molecule has 1 saturated carbocycles. The Labute approximate surface area is 115 Å². The van der Waals surface area contributed by atoms with Crippen molar-refractivity contribution in [2.24, 2.45) is 0 Å². The van der Waals surface area contributed by atoms with E-state index >= 15 is 0 Å². The van der Waals surface area contributed by atoms with Crippen LogP contribution < -0.4 is 4.90 Å². The van der Waals surface area contributed by atoms with Gasteiger partial charge in [0.05, 0.1) is 19.8 Å². The minimum Gasteiger partial charge on any atom is -0.467 e. The molecule has 19 heavy (non-hydrogen) atoms. The van der Waals surface area contributed by atoms with Crippen LogP contribution >= 0.6 is 11.5 Å². The lowest BCUT2D eigenvalue weighted by atomic mass is 10.2. The molecule has 2 fully saturated rings. The Bertz CT molecular complexity index is 475. The fourth-order valence-electron chi connectivity index (χ4n) is 2.23. The van der Waals surface area contributed by atoms with E-state index in [-0.39, 0.29) is 12.1 Å². The van der Waals surface area contributed by atoms with Gasteiger partial charge in [-0.25, -0.2) is 9.78 Å². The number of anilines is 1. The van der Waals surface area contributed by atoms with Crippen LogP contribution in [-0.2, 0) is 14.3 Å². The number of hydrogen-bond acceptors (Lipinski definition) is 7. The van der Waals surface area contributed by atoms with Crippen LogP contribution in [-0.4, -0.2) is 47.7 Å². The van der Waals surface area contributed by atoms with Crippen LogP contribution in [0.1, 0.15) is 31.5 Å². The predicted molar refractivity (Wildman–Crippen MR) is 70.4 cm³/mol. The number of carbonyl (C=O) groups excluding carboxylic acids is 1. The minimum atomic E-state index is -0.540. The second-order valence-corrected chi connectivity index (χ2v) is 5.80. The van der Waals surface area contributed by atoms with Gasteiger partial charge in [0.15, 0.2) is 6.10 Å². The minimum absolute atomic E-state index is 0.0221. The highest BCUT2D eigenvalue weighted by Crippen LogP contribution is 2.39. The average Bonchev–Trinajstić information content (AvgIpc) is 3.14. The summed E-state index contributed by atoms with van der Waals surface area (Å²) in [6.45, 7) is 3.16. The van der Waals surface area contributed by atoms with Gasteiger partial charge in [0.25, 0.3) is 0 Å². The van der Waals surface area contributed by atoms with Crippen LogP contribution in [0.5, 0.6) is 0 Å². The van der Waals surface area contributed by atoms with Crippen LogP contribution in [0.15, 0.2) is 0 Å². The zero-order chi connectivity index (χ0) is 13.4. The van der Waals surface area contributed by atoms with Crippen LogP contribution in [0.3, 0.4) is 0 Å². The molecule has 1 aliphatic carbocycles. The highest BCUT2D eigenvalue weighted by atomic mass is 32.1. The fourth-order valence-corrected chi connectivity index (χ4v) is 3.00. The number of nitrogens with zero attached hydrogens (tertiary/aromatic N) is 3. The van der Waals surface area contributed by atoms with E-state index in [1.54, 1.807) is 0 Å². The highest BCUT2D eigenvalue weighted by Gasteiger charge is 2.34.